The van der Waals surface area contributed by atoms with Crippen molar-refractivity contribution in [3.63, 3.8) is 0 Å². The smallest absolute Gasteiger partial charge is 0.329 e. The fourth-order valence-corrected chi connectivity index (χ4v) is 2.70. The normalized spacial score (nSPS) is 17.7. The van der Waals surface area contributed by atoms with Crippen LogP contribution in [-0.2, 0) is 9.59 Å². The first-order valence-electron chi connectivity index (χ1n) is 7.45. The van der Waals surface area contributed by atoms with Crippen molar-refractivity contribution in [2.45, 2.75) is 50.7 Å². The zero-order chi connectivity index (χ0) is 16.2. The first kappa shape index (κ1) is 16.3. The number of benzene rings is 1. The molecule has 0 spiro atoms. The Morgan fingerprint density at radius 3 is 2.55 bits per heavy atom. The second-order valence-corrected chi connectivity index (χ2v) is 5.53. The Morgan fingerprint density at radius 1 is 1.36 bits per heavy atom. The summed E-state index contributed by atoms with van der Waals surface area (Å²) in [4.78, 5) is 23.8. The molecule has 1 aliphatic rings. The molecule has 2 rings (SSSR count). The highest BCUT2D eigenvalue weighted by Crippen LogP contribution is 2.30. The lowest BCUT2D eigenvalue weighted by atomic mass is 9.97. The van der Waals surface area contributed by atoms with Crippen molar-refractivity contribution in [3.8, 4) is 5.75 Å². The van der Waals surface area contributed by atoms with Gasteiger partial charge in [-0.2, -0.15) is 0 Å². The van der Waals surface area contributed by atoms with Crippen LogP contribution in [0.5, 0.6) is 5.75 Å². The van der Waals surface area contributed by atoms with Crippen LogP contribution in [0.3, 0.4) is 0 Å². The second kappa shape index (κ2) is 6.77. The highest BCUT2D eigenvalue weighted by Gasteiger charge is 2.43. The summed E-state index contributed by atoms with van der Waals surface area (Å²) in [5.74, 6) is -2.11. The number of hydrogen-bond acceptors (Lipinski definition) is 3. The predicted octanol–water partition coefficient (Wildman–Crippen LogP) is 2.50. The molecule has 1 aromatic rings. The number of nitrogens with one attached hydrogen (secondary N) is 1. The third-order valence-corrected chi connectivity index (χ3v) is 4.00. The summed E-state index contributed by atoms with van der Waals surface area (Å²) in [5, 5.41) is 12.0. The molecule has 6 heteroatoms. The largest absolute Gasteiger partial charge is 0.480 e. The number of halogens is 1. The monoisotopic (exact) mass is 309 g/mol. The number of carbonyl (C=O) groups excluding carboxylic acids is 1. The van der Waals surface area contributed by atoms with Crippen LogP contribution in [0.2, 0.25) is 0 Å². The second-order valence-electron chi connectivity index (χ2n) is 5.53. The van der Waals surface area contributed by atoms with E-state index >= 15 is 0 Å². The van der Waals surface area contributed by atoms with Crippen molar-refractivity contribution in [2.75, 3.05) is 0 Å². The Bertz CT molecular complexity index is 555. The summed E-state index contributed by atoms with van der Waals surface area (Å²) in [5.41, 5.74) is -1.22. The van der Waals surface area contributed by atoms with Crippen LogP contribution in [0, 0.1) is 5.82 Å². The number of carboxylic acid groups (broad SMARTS) is 1. The summed E-state index contributed by atoms with van der Waals surface area (Å²) in [6.45, 7) is 1.73. The van der Waals surface area contributed by atoms with Gasteiger partial charge in [0.2, 0.25) is 0 Å². The van der Waals surface area contributed by atoms with Crippen molar-refractivity contribution >= 4 is 11.9 Å². The molecule has 1 aliphatic carbocycles. The molecule has 1 aromatic carbocycles. The van der Waals surface area contributed by atoms with Gasteiger partial charge in [-0.3, -0.25) is 4.79 Å². The number of carboxylic acids is 1. The maximum Gasteiger partial charge on any atom is 0.329 e. The van der Waals surface area contributed by atoms with E-state index in [0.717, 1.165) is 12.8 Å². The average Bonchev–Trinajstić information content (AvgIpc) is 2.96. The maximum atomic E-state index is 13.6. The summed E-state index contributed by atoms with van der Waals surface area (Å²) in [7, 11) is 0. The van der Waals surface area contributed by atoms with Gasteiger partial charge in [-0.25, -0.2) is 9.18 Å². The minimum absolute atomic E-state index is 0.0136. The van der Waals surface area contributed by atoms with Gasteiger partial charge in [0.1, 0.15) is 5.54 Å². The molecular formula is C16H20FNO4. The van der Waals surface area contributed by atoms with Gasteiger partial charge in [0, 0.05) is 0 Å². The lowest BCUT2D eigenvalue weighted by Gasteiger charge is -2.28. The maximum absolute atomic E-state index is 13.6. The summed E-state index contributed by atoms with van der Waals surface area (Å²) in [6, 6.07) is 5.82. The lowest BCUT2D eigenvalue weighted by molar-refractivity contribution is -0.148. The molecule has 2 N–H and O–H groups in total. The van der Waals surface area contributed by atoms with Crippen LogP contribution in [0.25, 0.3) is 0 Å². The average molecular weight is 309 g/mol. The number of rotatable bonds is 6. The standard InChI is InChI=1S/C16H20FNO4/c1-2-12(22-13-8-4-3-7-11(13)17)14(19)18-16(15(20)21)9-5-6-10-16/h3-4,7-8,12H,2,5-6,9-10H2,1H3,(H,18,19)(H,20,21). The molecule has 0 heterocycles. The van der Waals surface area contributed by atoms with E-state index in [1.54, 1.807) is 13.0 Å². The van der Waals surface area contributed by atoms with Crippen LogP contribution in [0.4, 0.5) is 4.39 Å². The topological polar surface area (TPSA) is 75.6 Å². The van der Waals surface area contributed by atoms with Crippen LogP contribution >= 0.6 is 0 Å². The SMILES string of the molecule is CCC(Oc1ccccc1F)C(=O)NC1(C(=O)O)CCCC1. The number of aliphatic carboxylic acids is 1. The zero-order valence-corrected chi connectivity index (χ0v) is 12.5. The van der Waals surface area contributed by atoms with E-state index in [-0.39, 0.29) is 5.75 Å². The van der Waals surface area contributed by atoms with E-state index in [9.17, 15) is 19.1 Å². The number of carbonyl (C=O) groups is 2. The molecular weight excluding hydrogens is 289 g/mol. The fraction of sp³-hybridized carbons (Fsp3) is 0.500. The van der Waals surface area contributed by atoms with Gasteiger partial charge < -0.3 is 15.2 Å². The van der Waals surface area contributed by atoms with Gasteiger partial charge in [0.15, 0.2) is 17.7 Å². The quantitative estimate of drug-likeness (QED) is 0.846. The number of ether oxygens (including phenoxy) is 1. The third kappa shape index (κ3) is 3.37. The molecule has 0 bridgehead atoms. The van der Waals surface area contributed by atoms with Crippen molar-refractivity contribution in [3.05, 3.63) is 30.1 Å². The summed E-state index contributed by atoms with van der Waals surface area (Å²) in [6.07, 6.45) is 1.73. The van der Waals surface area contributed by atoms with Gasteiger partial charge in [-0.1, -0.05) is 31.9 Å². The molecule has 120 valence electrons. The van der Waals surface area contributed by atoms with Gasteiger partial charge in [0.25, 0.3) is 5.91 Å². The Kier molecular flexibility index (Phi) is 5.00. The van der Waals surface area contributed by atoms with Gasteiger partial charge in [-0.15, -0.1) is 0 Å². The van der Waals surface area contributed by atoms with E-state index < -0.39 is 29.3 Å². The Morgan fingerprint density at radius 2 is 2.00 bits per heavy atom. The molecule has 0 radical (unpaired) electrons. The molecule has 5 nitrogen and oxygen atoms in total. The van der Waals surface area contributed by atoms with Crippen molar-refractivity contribution < 1.29 is 23.8 Å². The minimum atomic E-state index is -1.22. The van der Waals surface area contributed by atoms with Crippen molar-refractivity contribution in [2.24, 2.45) is 0 Å². The van der Waals surface area contributed by atoms with Gasteiger partial charge in [-0.05, 0) is 31.4 Å². The molecule has 1 unspecified atom stereocenters. The first-order chi connectivity index (χ1) is 10.5. The first-order valence-corrected chi connectivity index (χ1v) is 7.45. The van der Waals surface area contributed by atoms with Crippen LogP contribution in [-0.4, -0.2) is 28.6 Å². The van der Waals surface area contributed by atoms with Gasteiger partial charge in [0.05, 0.1) is 0 Å². The Labute approximate surface area is 128 Å². The lowest BCUT2D eigenvalue weighted by Crippen LogP contribution is -2.56. The number of para-hydroxylation sites is 1. The zero-order valence-electron chi connectivity index (χ0n) is 12.5. The van der Waals surface area contributed by atoms with Gasteiger partial charge >= 0.3 is 5.97 Å². The highest BCUT2D eigenvalue weighted by atomic mass is 19.1. The Hall–Kier alpha value is -2.11. The minimum Gasteiger partial charge on any atom is -0.480 e. The molecule has 1 atom stereocenters. The third-order valence-electron chi connectivity index (χ3n) is 4.00. The molecule has 1 amide bonds. The molecule has 0 aliphatic heterocycles. The fourth-order valence-electron chi connectivity index (χ4n) is 2.70. The van der Waals surface area contributed by atoms with E-state index in [2.05, 4.69) is 5.32 Å². The summed E-state index contributed by atoms with van der Waals surface area (Å²) >= 11 is 0. The van der Waals surface area contributed by atoms with Crippen molar-refractivity contribution in [1.29, 1.82) is 0 Å². The van der Waals surface area contributed by atoms with E-state index in [4.69, 9.17) is 4.74 Å². The number of amides is 1. The molecule has 1 fully saturated rings. The number of hydrogen-bond donors (Lipinski definition) is 2. The molecule has 22 heavy (non-hydrogen) atoms. The van der Waals surface area contributed by atoms with Crippen molar-refractivity contribution in [1.82, 2.24) is 5.32 Å². The van der Waals surface area contributed by atoms with Crippen LogP contribution < -0.4 is 10.1 Å². The van der Waals surface area contributed by atoms with Crippen LogP contribution in [0.1, 0.15) is 39.0 Å². The van der Waals surface area contributed by atoms with Crippen LogP contribution in [0.15, 0.2) is 24.3 Å². The van der Waals surface area contributed by atoms with E-state index in [1.165, 1.54) is 18.2 Å². The summed E-state index contributed by atoms with van der Waals surface area (Å²) < 4.78 is 19.0. The molecule has 1 saturated carbocycles. The van der Waals surface area contributed by atoms with E-state index in [0.29, 0.717) is 19.3 Å². The highest BCUT2D eigenvalue weighted by molar-refractivity contribution is 5.89. The molecule has 0 saturated heterocycles. The molecule has 0 aromatic heterocycles. The Balaban J connectivity index is 2.09. The predicted molar refractivity (Wildman–Crippen MR) is 78.1 cm³/mol. The van der Waals surface area contributed by atoms with E-state index in [1.807, 2.05) is 0 Å².